The lowest BCUT2D eigenvalue weighted by Crippen LogP contribution is -2.46. The summed E-state index contributed by atoms with van der Waals surface area (Å²) >= 11 is 1.36. The number of primary amides is 1. The summed E-state index contributed by atoms with van der Waals surface area (Å²) in [4.78, 5) is 29.9. The Bertz CT molecular complexity index is 2240. The Morgan fingerprint density at radius 1 is 0.891 bits per heavy atom. The zero-order valence-electron chi connectivity index (χ0n) is 30.5. The van der Waals surface area contributed by atoms with Crippen LogP contribution in [0.25, 0.3) is 22.4 Å². The summed E-state index contributed by atoms with van der Waals surface area (Å²) in [5.74, 6) is -0.849. The zero-order chi connectivity index (χ0) is 38.6. The van der Waals surface area contributed by atoms with E-state index in [1.807, 2.05) is 85.3 Å². The molecular weight excluding hydrogens is 738 g/mol. The number of carbonyl (C=O) groups excluding carboxylic acids is 1. The van der Waals surface area contributed by atoms with Crippen LogP contribution in [0, 0.1) is 22.9 Å². The predicted molar refractivity (Wildman–Crippen MR) is 219 cm³/mol. The molecule has 4 aromatic carbocycles. The van der Waals surface area contributed by atoms with Gasteiger partial charge in [-0.2, -0.15) is 0 Å². The monoisotopic (exact) mass is 779 g/mol. The van der Waals surface area contributed by atoms with Gasteiger partial charge in [-0.15, -0.1) is 0 Å². The van der Waals surface area contributed by atoms with E-state index < -0.39 is 28.2 Å². The van der Waals surface area contributed by atoms with Crippen LogP contribution in [0.1, 0.15) is 28.9 Å². The number of amides is 1. The van der Waals surface area contributed by atoms with E-state index in [0.717, 1.165) is 70.5 Å². The van der Waals surface area contributed by atoms with Gasteiger partial charge in [-0.05, 0) is 116 Å². The molecule has 7 rings (SSSR count). The molecule has 5 aromatic rings. The number of piperazine rings is 1. The van der Waals surface area contributed by atoms with E-state index in [9.17, 15) is 23.5 Å². The number of aromatic nitrogens is 1. The van der Waals surface area contributed by atoms with Crippen LogP contribution in [0.2, 0.25) is 0 Å². The summed E-state index contributed by atoms with van der Waals surface area (Å²) < 4.78 is 35.4. The van der Waals surface area contributed by atoms with Gasteiger partial charge in [-0.3, -0.25) is 14.9 Å². The molecule has 2 aliphatic rings. The number of anilines is 3. The number of nitro groups is 1. The van der Waals surface area contributed by atoms with Crippen molar-refractivity contribution >= 4 is 45.9 Å². The second kappa shape index (κ2) is 16.5. The van der Waals surface area contributed by atoms with Crippen LogP contribution >= 0.6 is 11.9 Å². The van der Waals surface area contributed by atoms with Crippen molar-refractivity contribution in [2.24, 2.45) is 12.8 Å². The minimum Gasteiger partial charge on any atom is -0.368 e. The molecule has 0 radical (unpaired) electrons. The average molecular weight is 780 g/mol. The third kappa shape index (κ3) is 8.31. The molecule has 1 aliphatic carbocycles. The number of nitrogens with two attached hydrogens (primary N) is 1. The number of benzene rings is 4. The van der Waals surface area contributed by atoms with Gasteiger partial charge in [0.25, 0.3) is 11.6 Å². The third-order valence-corrected chi connectivity index (χ3v) is 12.6. The topological polar surface area (TPSA) is 139 Å². The van der Waals surface area contributed by atoms with Gasteiger partial charge in [0.1, 0.15) is 22.8 Å². The van der Waals surface area contributed by atoms with Gasteiger partial charge < -0.3 is 24.8 Å². The summed E-state index contributed by atoms with van der Waals surface area (Å²) in [6.07, 6.45) is 2.57. The Balaban J connectivity index is 0.988. The van der Waals surface area contributed by atoms with E-state index in [1.165, 1.54) is 30.2 Å². The zero-order valence-corrected chi connectivity index (χ0v) is 32.1. The van der Waals surface area contributed by atoms with Gasteiger partial charge in [-0.1, -0.05) is 30.3 Å². The van der Waals surface area contributed by atoms with Crippen LogP contribution in [0.4, 0.5) is 21.5 Å². The van der Waals surface area contributed by atoms with Gasteiger partial charge in [0, 0.05) is 72.5 Å². The summed E-state index contributed by atoms with van der Waals surface area (Å²) in [6.45, 7) is 4.94. The second-order valence-corrected chi connectivity index (χ2v) is 16.0. The summed E-state index contributed by atoms with van der Waals surface area (Å²) in [5, 5.41) is 11.4. The van der Waals surface area contributed by atoms with Gasteiger partial charge in [0.05, 0.1) is 21.4 Å². The SMILES string of the molecule is Cc1c(C(N)=O)c(-c2cccc(N3CCN(c4ccc(NS(=O)C5C=C([N+](=O)[O-])C(NSc6ccccc6)CC5)cc4)CC3)c2)c(-c2ccc(F)cc2)n1C. The lowest BCUT2D eigenvalue weighted by molar-refractivity contribution is -0.431. The molecule has 14 heteroatoms. The molecule has 0 spiro atoms. The molecule has 284 valence electrons. The van der Waals surface area contributed by atoms with Gasteiger partial charge >= 0.3 is 0 Å². The smallest absolute Gasteiger partial charge is 0.261 e. The summed E-state index contributed by atoms with van der Waals surface area (Å²) in [5.41, 5.74) is 13.1. The minimum atomic E-state index is -1.55. The first-order valence-electron chi connectivity index (χ1n) is 18.0. The van der Waals surface area contributed by atoms with Crippen molar-refractivity contribution in [3.05, 3.63) is 142 Å². The second-order valence-electron chi connectivity index (χ2n) is 13.6. The molecular formula is C41H42FN7O4S2. The van der Waals surface area contributed by atoms with Crippen LogP contribution in [-0.4, -0.2) is 57.1 Å². The number of hydrogen-bond acceptors (Lipinski definition) is 8. The fourth-order valence-electron chi connectivity index (χ4n) is 7.32. The highest BCUT2D eigenvalue weighted by molar-refractivity contribution is 7.97. The highest BCUT2D eigenvalue weighted by Crippen LogP contribution is 2.40. The van der Waals surface area contributed by atoms with Crippen molar-refractivity contribution in [1.82, 2.24) is 9.29 Å². The Morgan fingerprint density at radius 3 is 2.22 bits per heavy atom. The number of carbonyl (C=O) groups is 1. The van der Waals surface area contributed by atoms with Gasteiger partial charge in [0.15, 0.2) is 0 Å². The lowest BCUT2D eigenvalue weighted by Gasteiger charge is -2.37. The fraction of sp³-hybridized carbons (Fsp3) is 0.244. The standard InChI is InChI=1S/C41H42FN7O4S2/c1-27-38(41(43)50)39(40(46(27)2)28-11-13-30(42)14-12-28)29-7-6-8-33(25-29)48-23-21-47(22-24-48)32-17-15-31(16-18-32)45-55(53)35-19-20-36(37(26-35)49(51)52)44-54-34-9-4-3-5-10-34/h3-18,25-26,35-36,44-45H,19-24H2,1-2H3,(H2,43,50). The van der Waals surface area contributed by atoms with Crippen molar-refractivity contribution in [2.45, 2.75) is 36.0 Å². The first-order chi connectivity index (χ1) is 26.6. The van der Waals surface area contributed by atoms with Crippen molar-refractivity contribution < 1.29 is 18.3 Å². The fourth-order valence-corrected chi connectivity index (χ4v) is 9.26. The molecule has 1 aromatic heterocycles. The van der Waals surface area contributed by atoms with Crippen LogP contribution in [-0.2, 0) is 18.0 Å². The molecule has 2 heterocycles. The summed E-state index contributed by atoms with van der Waals surface area (Å²) in [7, 11) is 0.338. The number of rotatable bonds is 12. The first kappa shape index (κ1) is 37.9. The molecule has 55 heavy (non-hydrogen) atoms. The maximum Gasteiger partial charge on any atom is 0.261 e. The van der Waals surface area contributed by atoms with Crippen molar-refractivity contribution in [3.8, 4) is 22.4 Å². The maximum absolute atomic E-state index is 13.8. The number of nitrogens with zero attached hydrogens (tertiary/aromatic N) is 4. The molecule has 3 atom stereocenters. The Hall–Kier alpha value is -5.44. The predicted octanol–water partition coefficient (Wildman–Crippen LogP) is 7.30. The molecule has 1 aliphatic heterocycles. The molecule has 4 N–H and O–H groups in total. The van der Waals surface area contributed by atoms with Crippen molar-refractivity contribution in [1.29, 1.82) is 0 Å². The van der Waals surface area contributed by atoms with Crippen LogP contribution in [0.5, 0.6) is 0 Å². The van der Waals surface area contributed by atoms with Crippen molar-refractivity contribution in [2.75, 3.05) is 40.7 Å². The van der Waals surface area contributed by atoms with E-state index in [0.29, 0.717) is 24.1 Å². The highest BCUT2D eigenvalue weighted by Gasteiger charge is 2.34. The number of hydrogen-bond donors (Lipinski definition) is 3. The van der Waals surface area contributed by atoms with Gasteiger partial charge in [0.2, 0.25) is 0 Å². The molecule has 0 saturated carbocycles. The summed E-state index contributed by atoms with van der Waals surface area (Å²) in [6, 6.07) is 31.3. The van der Waals surface area contributed by atoms with Crippen molar-refractivity contribution in [3.63, 3.8) is 0 Å². The van der Waals surface area contributed by atoms with E-state index in [4.69, 9.17) is 5.73 Å². The number of halogens is 1. The lowest BCUT2D eigenvalue weighted by atomic mass is 9.96. The van der Waals surface area contributed by atoms with E-state index in [2.05, 4.69) is 31.4 Å². The Kier molecular flexibility index (Phi) is 11.4. The van der Waals surface area contributed by atoms with Crippen LogP contribution in [0.15, 0.2) is 120 Å². The molecule has 11 nitrogen and oxygen atoms in total. The maximum atomic E-state index is 13.8. The number of nitrogens with one attached hydrogen (secondary N) is 2. The van der Waals surface area contributed by atoms with Crippen LogP contribution < -0.4 is 25.0 Å². The largest absolute Gasteiger partial charge is 0.368 e. The molecule has 0 bridgehead atoms. The Morgan fingerprint density at radius 2 is 1.56 bits per heavy atom. The van der Waals surface area contributed by atoms with Gasteiger partial charge in [-0.25, -0.2) is 13.3 Å². The van der Waals surface area contributed by atoms with Crippen LogP contribution in [0.3, 0.4) is 0 Å². The molecule has 1 saturated heterocycles. The molecule has 3 unspecified atom stereocenters. The normalized spacial score (nSPS) is 17.8. The quantitative estimate of drug-likeness (QED) is 0.0682. The van der Waals surface area contributed by atoms with E-state index >= 15 is 0 Å². The first-order valence-corrected chi connectivity index (χ1v) is 20.1. The molecule has 1 fully saturated rings. The molecule has 1 amide bonds. The minimum absolute atomic E-state index is 0.0383. The van der Waals surface area contributed by atoms with E-state index in [1.54, 1.807) is 12.1 Å². The third-order valence-electron chi connectivity index (χ3n) is 10.3. The average Bonchev–Trinajstić information content (AvgIpc) is 3.47. The van der Waals surface area contributed by atoms with E-state index in [-0.39, 0.29) is 16.4 Å². The Labute approximate surface area is 326 Å². The highest BCUT2D eigenvalue weighted by atomic mass is 32.2.